The Labute approximate surface area is 75.6 Å². The number of hydrogen-bond acceptors (Lipinski definition) is 5. The van der Waals surface area contributed by atoms with Crippen LogP contribution in [0.15, 0.2) is 33.2 Å². The average Bonchev–Trinajstić information content (AvgIpc) is 2.54. The third-order valence-electron chi connectivity index (χ3n) is 1.24. The minimum absolute atomic E-state index is 0.457. The van der Waals surface area contributed by atoms with Gasteiger partial charge in [0.05, 0.1) is 0 Å². The van der Waals surface area contributed by atoms with Crippen LogP contribution in [0.1, 0.15) is 5.69 Å². The molecule has 0 saturated heterocycles. The summed E-state index contributed by atoms with van der Waals surface area (Å²) in [6, 6.07) is 5.43. The van der Waals surface area contributed by atoms with Crippen molar-refractivity contribution in [3.8, 4) is 0 Å². The summed E-state index contributed by atoms with van der Waals surface area (Å²) in [7, 11) is -0.302. The molecule has 1 aromatic heterocycles. The molecule has 1 aliphatic heterocycles. The molecular formula is C6H4N3OS2-. The van der Waals surface area contributed by atoms with Gasteiger partial charge in [-0.15, -0.1) is 0 Å². The lowest BCUT2D eigenvalue weighted by molar-refractivity contribution is 0.618. The summed E-state index contributed by atoms with van der Waals surface area (Å²) in [5, 5.41) is 0. The third kappa shape index (κ3) is 1.55. The van der Waals surface area contributed by atoms with Gasteiger partial charge >= 0.3 is 0 Å². The van der Waals surface area contributed by atoms with E-state index in [0.29, 0.717) is 11.5 Å². The van der Waals surface area contributed by atoms with Gasteiger partial charge in [0.1, 0.15) is 5.69 Å². The molecule has 12 heavy (non-hydrogen) atoms. The number of amidine groups is 1. The summed E-state index contributed by atoms with van der Waals surface area (Å²) in [6.07, 6.45) is 1.65. The Kier molecular flexibility index (Phi) is 2.20. The van der Waals surface area contributed by atoms with E-state index in [0.717, 1.165) is 11.0 Å². The fraction of sp³-hybridized carbons (Fsp3) is 0. The van der Waals surface area contributed by atoms with Crippen LogP contribution in [0.25, 0.3) is 0 Å². The van der Waals surface area contributed by atoms with Crippen LogP contribution in [0.5, 0.6) is 0 Å². The summed E-state index contributed by atoms with van der Waals surface area (Å²) in [5.41, 5.74) is 0.663. The van der Waals surface area contributed by atoms with Crippen molar-refractivity contribution in [1.29, 1.82) is 0 Å². The van der Waals surface area contributed by atoms with Gasteiger partial charge < -0.3 is 4.55 Å². The maximum absolute atomic E-state index is 10.8. The Balaban J connectivity index is 2.34. The van der Waals surface area contributed by atoms with Gasteiger partial charge in [0.25, 0.3) is 0 Å². The van der Waals surface area contributed by atoms with Crippen LogP contribution in [-0.4, -0.2) is 15.4 Å². The van der Waals surface area contributed by atoms with Crippen molar-refractivity contribution in [3.63, 3.8) is 0 Å². The second-order valence-electron chi connectivity index (χ2n) is 2.01. The minimum atomic E-state index is -1.26. The van der Waals surface area contributed by atoms with Crippen LogP contribution in [0.3, 0.4) is 0 Å². The van der Waals surface area contributed by atoms with E-state index < -0.39 is 10.0 Å². The van der Waals surface area contributed by atoms with E-state index >= 15 is 0 Å². The largest absolute Gasteiger partial charge is 0.779 e. The topological polar surface area (TPSA) is 60.7 Å². The minimum Gasteiger partial charge on any atom is -0.779 e. The summed E-state index contributed by atoms with van der Waals surface area (Å²) in [5.74, 6) is 0.457. The van der Waals surface area contributed by atoms with Crippen LogP contribution in [0.4, 0.5) is 0 Å². The van der Waals surface area contributed by atoms with Crippen LogP contribution >= 0.6 is 11.0 Å². The fourth-order valence-corrected chi connectivity index (χ4v) is 2.10. The molecule has 1 aromatic rings. The van der Waals surface area contributed by atoms with Gasteiger partial charge in [-0.1, -0.05) is 16.1 Å². The monoisotopic (exact) mass is 198 g/mol. The van der Waals surface area contributed by atoms with Crippen LogP contribution in [0.2, 0.25) is 0 Å². The van der Waals surface area contributed by atoms with E-state index in [9.17, 15) is 4.55 Å². The second-order valence-corrected chi connectivity index (χ2v) is 4.26. The SMILES string of the molecule is [O-]S1=NC(c2ccccn2)=NS1. The molecule has 4 nitrogen and oxygen atoms in total. The molecule has 0 bridgehead atoms. The lowest BCUT2D eigenvalue weighted by atomic mass is 10.3. The molecule has 0 fully saturated rings. The molecule has 2 rings (SSSR count). The van der Waals surface area contributed by atoms with Gasteiger partial charge in [-0.2, -0.15) is 4.40 Å². The molecule has 0 aliphatic carbocycles. The van der Waals surface area contributed by atoms with E-state index in [2.05, 4.69) is 13.7 Å². The Morgan fingerprint density at radius 3 is 2.92 bits per heavy atom. The Bertz CT molecular complexity index is 349. The van der Waals surface area contributed by atoms with Crippen molar-refractivity contribution >= 4 is 26.8 Å². The number of nitrogens with zero attached hydrogens (tertiary/aromatic N) is 3. The van der Waals surface area contributed by atoms with Gasteiger partial charge in [0, 0.05) is 17.2 Å². The first-order chi connectivity index (χ1) is 5.86. The average molecular weight is 198 g/mol. The molecule has 0 N–H and O–H groups in total. The van der Waals surface area contributed by atoms with Crippen LogP contribution in [0, 0.1) is 0 Å². The Hall–Kier alpha value is -0.720. The molecule has 62 valence electrons. The van der Waals surface area contributed by atoms with E-state index in [-0.39, 0.29) is 0 Å². The number of rotatable bonds is 1. The zero-order chi connectivity index (χ0) is 8.39. The maximum Gasteiger partial charge on any atom is 0.192 e. The predicted octanol–water partition coefficient (Wildman–Crippen LogP) is 1.34. The third-order valence-corrected chi connectivity index (χ3v) is 2.77. The standard InChI is InChI=1S/C6H4N3OS2/c10-12-9-6(8-11-12)5-3-1-2-4-7-5/h1-4H/q-1. The molecule has 0 spiro atoms. The molecule has 1 unspecified atom stereocenters. The molecule has 0 aromatic carbocycles. The van der Waals surface area contributed by atoms with Crippen LogP contribution < -0.4 is 0 Å². The second kappa shape index (κ2) is 3.34. The van der Waals surface area contributed by atoms with Crippen molar-refractivity contribution in [2.45, 2.75) is 0 Å². The van der Waals surface area contributed by atoms with E-state index in [1.54, 1.807) is 12.3 Å². The maximum atomic E-state index is 10.8. The summed E-state index contributed by atoms with van der Waals surface area (Å²) in [4.78, 5) is 4.02. The predicted molar refractivity (Wildman–Crippen MR) is 48.9 cm³/mol. The molecule has 0 saturated carbocycles. The van der Waals surface area contributed by atoms with Crippen molar-refractivity contribution in [1.82, 2.24) is 4.98 Å². The molecule has 1 aliphatic rings. The number of aromatic nitrogens is 1. The van der Waals surface area contributed by atoms with E-state index in [1.807, 2.05) is 12.1 Å². The van der Waals surface area contributed by atoms with E-state index in [1.165, 1.54) is 0 Å². The van der Waals surface area contributed by atoms with Crippen molar-refractivity contribution in [2.75, 3.05) is 0 Å². The summed E-state index contributed by atoms with van der Waals surface area (Å²) < 4.78 is 18.5. The van der Waals surface area contributed by atoms with Gasteiger partial charge in [-0.25, -0.2) is 4.36 Å². The molecule has 2 heterocycles. The number of pyridine rings is 1. The lowest BCUT2D eigenvalue weighted by Gasteiger charge is -1.97. The van der Waals surface area contributed by atoms with Crippen molar-refractivity contribution in [3.05, 3.63) is 30.1 Å². The highest BCUT2D eigenvalue weighted by Gasteiger charge is 2.06. The van der Waals surface area contributed by atoms with Crippen molar-refractivity contribution in [2.24, 2.45) is 8.76 Å². The molecule has 0 amide bonds. The molecule has 6 heteroatoms. The quantitative estimate of drug-likeness (QED) is 0.505. The fourth-order valence-electron chi connectivity index (χ4n) is 0.760. The first kappa shape index (κ1) is 7.90. The highest BCUT2D eigenvalue weighted by molar-refractivity contribution is 8.67. The van der Waals surface area contributed by atoms with Gasteiger partial charge in [0.15, 0.2) is 5.84 Å². The highest BCUT2D eigenvalue weighted by atomic mass is 33.1. The van der Waals surface area contributed by atoms with Gasteiger partial charge in [-0.05, 0) is 12.1 Å². The first-order valence-corrected chi connectivity index (χ1v) is 5.56. The molecular weight excluding hydrogens is 194 g/mol. The molecule has 0 radical (unpaired) electrons. The molecule has 1 atom stereocenters. The first-order valence-electron chi connectivity index (χ1n) is 3.17. The van der Waals surface area contributed by atoms with Gasteiger partial charge in [-0.3, -0.25) is 4.98 Å². The Morgan fingerprint density at radius 2 is 2.33 bits per heavy atom. The summed E-state index contributed by atoms with van der Waals surface area (Å²) >= 11 is 0. The Morgan fingerprint density at radius 1 is 1.42 bits per heavy atom. The zero-order valence-corrected chi connectivity index (χ0v) is 7.51. The highest BCUT2D eigenvalue weighted by Crippen LogP contribution is 2.19. The normalized spacial score (nSPS) is 21.8. The van der Waals surface area contributed by atoms with Crippen LogP contribution in [-0.2, 0) is 10.0 Å². The van der Waals surface area contributed by atoms with Crippen molar-refractivity contribution < 1.29 is 4.55 Å². The van der Waals surface area contributed by atoms with E-state index in [4.69, 9.17) is 0 Å². The van der Waals surface area contributed by atoms with Gasteiger partial charge in [0.2, 0.25) is 0 Å². The number of hydrogen-bond donors (Lipinski definition) is 0. The zero-order valence-electron chi connectivity index (χ0n) is 5.88. The lowest BCUT2D eigenvalue weighted by Crippen LogP contribution is -1.96. The smallest absolute Gasteiger partial charge is 0.192 e. The summed E-state index contributed by atoms with van der Waals surface area (Å²) in [6.45, 7) is 0.